The lowest BCUT2D eigenvalue weighted by atomic mass is 9.91. The predicted octanol–water partition coefficient (Wildman–Crippen LogP) is 1.69. The summed E-state index contributed by atoms with van der Waals surface area (Å²) in [5.41, 5.74) is 6.56. The summed E-state index contributed by atoms with van der Waals surface area (Å²) in [5.74, 6) is 0.738. The number of nitrogens with two attached hydrogens (primary N) is 1. The Morgan fingerprint density at radius 2 is 2.17 bits per heavy atom. The minimum atomic E-state index is -0.00856. The molecule has 18 heavy (non-hydrogen) atoms. The second-order valence-corrected chi connectivity index (χ2v) is 5.82. The molecule has 1 amide bonds. The van der Waals surface area contributed by atoms with Gasteiger partial charge in [0.25, 0.3) is 0 Å². The standard InChI is InChI=1S/C13H24N4O/c1-13(2,3)9-10-8-11(17(4)16-10)15-12(18)6-5-7-14/h8H,5-7,9,14H2,1-4H3,(H,15,18). The van der Waals surface area contributed by atoms with E-state index in [0.29, 0.717) is 19.4 Å². The summed E-state index contributed by atoms with van der Waals surface area (Å²) in [5, 5.41) is 7.26. The van der Waals surface area contributed by atoms with Crippen molar-refractivity contribution in [3.05, 3.63) is 11.8 Å². The van der Waals surface area contributed by atoms with Crippen LogP contribution in [0.1, 0.15) is 39.3 Å². The molecule has 0 aliphatic heterocycles. The van der Waals surface area contributed by atoms with Gasteiger partial charge in [0, 0.05) is 19.5 Å². The third-order valence-corrected chi connectivity index (χ3v) is 2.52. The molecule has 0 unspecified atom stereocenters. The van der Waals surface area contributed by atoms with Gasteiger partial charge in [-0.2, -0.15) is 5.10 Å². The van der Waals surface area contributed by atoms with Crippen molar-refractivity contribution in [2.45, 2.75) is 40.0 Å². The normalized spacial score (nSPS) is 11.6. The van der Waals surface area contributed by atoms with E-state index < -0.39 is 0 Å². The van der Waals surface area contributed by atoms with E-state index in [1.54, 1.807) is 4.68 Å². The number of carbonyl (C=O) groups is 1. The van der Waals surface area contributed by atoms with E-state index in [0.717, 1.165) is 17.9 Å². The fourth-order valence-corrected chi connectivity index (χ4v) is 1.74. The Morgan fingerprint density at radius 1 is 1.50 bits per heavy atom. The molecule has 0 spiro atoms. The molecule has 1 heterocycles. The molecular weight excluding hydrogens is 228 g/mol. The third kappa shape index (κ3) is 4.87. The van der Waals surface area contributed by atoms with Crippen molar-refractivity contribution in [2.75, 3.05) is 11.9 Å². The molecule has 0 saturated heterocycles. The Hall–Kier alpha value is -1.36. The Bertz CT molecular complexity index is 404. The first-order chi connectivity index (χ1) is 8.31. The van der Waals surface area contributed by atoms with Crippen molar-refractivity contribution in [3.63, 3.8) is 0 Å². The maximum absolute atomic E-state index is 11.6. The highest BCUT2D eigenvalue weighted by atomic mass is 16.1. The van der Waals surface area contributed by atoms with Crippen LogP contribution in [-0.4, -0.2) is 22.2 Å². The topological polar surface area (TPSA) is 72.9 Å². The van der Waals surface area contributed by atoms with Gasteiger partial charge in [-0.05, 0) is 24.8 Å². The fraction of sp³-hybridized carbons (Fsp3) is 0.692. The van der Waals surface area contributed by atoms with Crippen molar-refractivity contribution in [1.29, 1.82) is 0 Å². The summed E-state index contributed by atoms with van der Waals surface area (Å²) in [6.07, 6.45) is 2.05. The fourth-order valence-electron chi connectivity index (χ4n) is 1.74. The minimum absolute atomic E-state index is 0.00856. The van der Waals surface area contributed by atoms with Crippen LogP contribution in [0.3, 0.4) is 0 Å². The number of aromatic nitrogens is 2. The average molecular weight is 252 g/mol. The predicted molar refractivity (Wildman–Crippen MR) is 73.3 cm³/mol. The summed E-state index contributed by atoms with van der Waals surface area (Å²) in [6, 6.07) is 1.94. The SMILES string of the molecule is Cn1nc(CC(C)(C)C)cc1NC(=O)CCCN. The third-order valence-electron chi connectivity index (χ3n) is 2.52. The van der Waals surface area contributed by atoms with Crippen LogP contribution in [-0.2, 0) is 18.3 Å². The number of rotatable bonds is 5. The molecule has 0 saturated carbocycles. The first-order valence-electron chi connectivity index (χ1n) is 6.34. The van der Waals surface area contributed by atoms with E-state index in [1.165, 1.54) is 0 Å². The van der Waals surface area contributed by atoms with E-state index in [-0.39, 0.29) is 11.3 Å². The molecule has 5 heteroatoms. The molecule has 0 fully saturated rings. The van der Waals surface area contributed by atoms with Crippen molar-refractivity contribution >= 4 is 11.7 Å². The van der Waals surface area contributed by atoms with Gasteiger partial charge in [-0.15, -0.1) is 0 Å². The van der Waals surface area contributed by atoms with E-state index in [4.69, 9.17) is 5.73 Å². The summed E-state index contributed by atoms with van der Waals surface area (Å²) in [7, 11) is 1.84. The average Bonchev–Trinajstić information content (AvgIpc) is 2.53. The van der Waals surface area contributed by atoms with Crippen LogP contribution in [0, 0.1) is 5.41 Å². The molecule has 1 aromatic rings. The van der Waals surface area contributed by atoms with Crippen molar-refractivity contribution in [1.82, 2.24) is 9.78 Å². The van der Waals surface area contributed by atoms with Crippen molar-refractivity contribution < 1.29 is 4.79 Å². The van der Waals surface area contributed by atoms with Gasteiger partial charge in [-0.25, -0.2) is 0 Å². The van der Waals surface area contributed by atoms with Gasteiger partial charge < -0.3 is 11.1 Å². The van der Waals surface area contributed by atoms with E-state index >= 15 is 0 Å². The van der Waals surface area contributed by atoms with Gasteiger partial charge in [0.1, 0.15) is 5.82 Å². The summed E-state index contributed by atoms with van der Waals surface area (Å²) in [4.78, 5) is 11.6. The molecule has 1 rings (SSSR count). The first-order valence-corrected chi connectivity index (χ1v) is 6.34. The zero-order chi connectivity index (χ0) is 13.8. The molecule has 1 aromatic heterocycles. The second-order valence-electron chi connectivity index (χ2n) is 5.82. The maximum atomic E-state index is 11.6. The van der Waals surface area contributed by atoms with E-state index in [1.807, 2.05) is 13.1 Å². The Morgan fingerprint density at radius 3 is 2.72 bits per heavy atom. The molecular formula is C13H24N4O. The number of carbonyl (C=O) groups excluding carboxylic acids is 1. The van der Waals surface area contributed by atoms with Gasteiger partial charge in [0.2, 0.25) is 5.91 Å². The van der Waals surface area contributed by atoms with Gasteiger partial charge in [0.05, 0.1) is 5.69 Å². The van der Waals surface area contributed by atoms with Crippen LogP contribution in [0.2, 0.25) is 0 Å². The van der Waals surface area contributed by atoms with E-state index in [2.05, 4.69) is 31.2 Å². The first kappa shape index (κ1) is 14.7. The van der Waals surface area contributed by atoms with Crippen molar-refractivity contribution in [2.24, 2.45) is 18.2 Å². The largest absolute Gasteiger partial charge is 0.330 e. The summed E-state index contributed by atoms with van der Waals surface area (Å²) in [6.45, 7) is 7.04. The monoisotopic (exact) mass is 252 g/mol. The van der Waals surface area contributed by atoms with Gasteiger partial charge in [0.15, 0.2) is 0 Å². The molecule has 0 bridgehead atoms. The molecule has 0 aliphatic carbocycles. The second kappa shape index (κ2) is 6.00. The maximum Gasteiger partial charge on any atom is 0.225 e. The molecule has 3 N–H and O–H groups in total. The lowest BCUT2D eigenvalue weighted by Crippen LogP contribution is -2.15. The Balaban J connectivity index is 2.64. The highest BCUT2D eigenvalue weighted by Crippen LogP contribution is 2.21. The number of hydrogen-bond donors (Lipinski definition) is 2. The Kier molecular flexibility index (Phi) is 4.90. The van der Waals surface area contributed by atoms with Gasteiger partial charge in [-0.1, -0.05) is 20.8 Å². The number of amides is 1. The lowest BCUT2D eigenvalue weighted by Gasteiger charge is -2.15. The van der Waals surface area contributed by atoms with Crippen LogP contribution in [0.15, 0.2) is 6.07 Å². The summed E-state index contributed by atoms with van der Waals surface area (Å²) < 4.78 is 1.71. The smallest absolute Gasteiger partial charge is 0.225 e. The number of anilines is 1. The summed E-state index contributed by atoms with van der Waals surface area (Å²) >= 11 is 0. The number of hydrogen-bond acceptors (Lipinski definition) is 3. The van der Waals surface area contributed by atoms with E-state index in [9.17, 15) is 4.79 Å². The zero-order valence-corrected chi connectivity index (χ0v) is 11.8. The van der Waals surface area contributed by atoms with Gasteiger partial charge in [-0.3, -0.25) is 9.48 Å². The molecule has 0 radical (unpaired) electrons. The minimum Gasteiger partial charge on any atom is -0.330 e. The van der Waals surface area contributed by atoms with Crippen LogP contribution < -0.4 is 11.1 Å². The number of nitrogens with one attached hydrogen (secondary N) is 1. The number of nitrogens with zero attached hydrogens (tertiary/aromatic N) is 2. The lowest BCUT2D eigenvalue weighted by molar-refractivity contribution is -0.116. The van der Waals surface area contributed by atoms with Crippen LogP contribution >= 0.6 is 0 Å². The molecule has 0 aliphatic rings. The molecule has 5 nitrogen and oxygen atoms in total. The number of aryl methyl sites for hydroxylation is 1. The zero-order valence-electron chi connectivity index (χ0n) is 11.8. The molecule has 0 atom stereocenters. The van der Waals surface area contributed by atoms with Crippen LogP contribution in [0.5, 0.6) is 0 Å². The molecule has 0 aromatic carbocycles. The Labute approximate surface area is 109 Å². The van der Waals surface area contributed by atoms with Crippen LogP contribution in [0.4, 0.5) is 5.82 Å². The van der Waals surface area contributed by atoms with Crippen molar-refractivity contribution in [3.8, 4) is 0 Å². The van der Waals surface area contributed by atoms with Gasteiger partial charge >= 0.3 is 0 Å². The van der Waals surface area contributed by atoms with Crippen LogP contribution in [0.25, 0.3) is 0 Å². The quantitative estimate of drug-likeness (QED) is 0.837. The molecule has 102 valence electrons. The highest BCUT2D eigenvalue weighted by Gasteiger charge is 2.15. The highest BCUT2D eigenvalue weighted by molar-refractivity contribution is 5.89.